The summed E-state index contributed by atoms with van der Waals surface area (Å²) in [5, 5.41) is 10.7. The van der Waals surface area contributed by atoms with Gasteiger partial charge in [0, 0.05) is 46.6 Å². The van der Waals surface area contributed by atoms with E-state index in [4.69, 9.17) is 12.2 Å². The number of nitrogens with one attached hydrogen (secondary N) is 1. The van der Waals surface area contributed by atoms with Gasteiger partial charge < -0.3 is 9.47 Å². The van der Waals surface area contributed by atoms with Crippen LogP contribution in [0.3, 0.4) is 0 Å². The Balaban J connectivity index is 1.17. The van der Waals surface area contributed by atoms with E-state index >= 15 is 0 Å². The molecule has 2 aliphatic rings. The highest BCUT2D eigenvalue weighted by atomic mass is 32.2. The number of piperidine rings is 1. The minimum absolute atomic E-state index is 0.117. The van der Waals surface area contributed by atoms with Gasteiger partial charge in [-0.15, -0.1) is 23.1 Å². The van der Waals surface area contributed by atoms with Crippen molar-refractivity contribution >= 4 is 41.2 Å². The smallest absolute Gasteiger partial charge is 0.253 e. The summed E-state index contributed by atoms with van der Waals surface area (Å²) in [5.74, 6) is 2.42. The van der Waals surface area contributed by atoms with Gasteiger partial charge in [0.05, 0.1) is 10.7 Å². The number of rotatable bonds is 6. The number of hydrogen-bond donors (Lipinski definition) is 1. The fourth-order valence-corrected chi connectivity index (χ4v) is 5.94. The number of nitrogens with zero attached hydrogens (tertiary/aromatic N) is 4. The Kier molecular flexibility index (Phi) is 5.99. The molecule has 0 spiro atoms. The average molecular weight is 472 g/mol. The second kappa shape index (κ2) is 8.88. The van der Waals surface area contributed by atoms with Crippen LogP contribution >= 0.6 is 35.3 Å². The number of carbonyl (C=O) groups is 1. The summed E-state index contributed by atoms with van der Waals surface area (Å²) >= 11 is 8.85. The molecule has 3 aromatic rings. The number of amides is 1. The van der Waals surface area contributed by atoms with E-state index in [-0.39, 0.29) is 5.91 Å². The summed E-state index contributed by atoms with van der Waals surface area (Å²) in [4.78, 5) is 20.6. The molecule has 1 saturated heterocycles. The lowest BCUT2D eigenvalue weighted by atomic mass is 9.95. The predicted molar refractivity (Wildman–Crippen MR) is 126 cm³/mol. The third kappa shape index (κ3) is 4.63. The van der Waals surface area contributed by atoms with Crippen LogP contribution in [0.5, 0.6) is 0 Å². The molecule has 1 amide bonds. The Labute approximate surface area is 195 Å². The number of aromatic nitrogens is 4. The number of aryl methyl sites for hydroxylation is 1. The van der Waals surface area contributed by atoms with Gasteiger partial charge in [-0.05, 0) is 69.1 Å². The van der Waals surface area contributed by atoms with Gasteiger partial charge in [-0.3, -0.25) is 9.89 Å². The van der Waals surface area contributed by atoms with E-state index in [0.29, 0.717) is 12.0 Å². The highest BCUT2D eigenvalue weighted by Gasteiger charge is 2.32. The van der Waals surface area contributed by atoms with Crippen molar-refractivity contribution in [2.24, 2.45) is 0 Å². The number of thiazole rings is 1. The van der Waals surface area contributed by atoms with E-state index in [1.807, 2.05) is 36.1 Å². The van der Waals surface area contributed by atoms with Crippen molar-refractivity contribution in [2.45, 2.75) is 55.2 Å². The van der Waals surface area contributed by atoms with Crippen LogP contribution in [-0.4, -0.2) is 43.6 Å². The molecule has 1 N–H and O–H groups in total. The zero-order valence-electron chi connectivity index (χ0n) is 17.4. The molecular weight excluding hydrogens is 446 g/mol. The standard InChI is InChI=1S/C22H25N5OS3/c1-14-23-17(12-30-14)13-31-19-6-2-16(3-7-19)21(28)26-10-8-15(9-11-26)20-24-25-22(29)27(20)18-4-5-18/h2-3,6-7,12,15,18H,4-5,8-11,13H2,1H3,(H,25,29). The van der Waals surface area contributed by atoms with Crippen molar-refractivity contribution in [2.75, 3.05) is 13.1 Å². The maximum absolute atomic E-state index is 13.0. The summed E-state index contributed by atoms with van der Waals surface area (Å²) in [6.45, 7) is 3.54. The molecule has 1 saturated carbocycles. The molecule has 162 valence electrons. The molecule has 0 bridgehead atoms. The van der Waals surface area contributed by atoms with E-state index in [1.54, 1.807) is 23.1 Å². The first-order valence-electron chi connectivity index (χ1n) is 10.7. The first-order chi connectivity index (χ1) is 15.1. The van der Waals surface area contributed by atoms with Crippen LogP contribution in [-0.2, 0) is 5.75 Å². The predicted octanol–water partition coefficient (Wildman–Crippen LogP) is 5.35. The Bertz CT molecular complexity index is 1120. The molecule has 31 heavy (non-hydrogen) atoms. The van der Waals surface area contributed by atoms with Crippen molar-refractivity contribution in [3.05, 3.63) is 56.5 Å². The summed E-state index contributed by atoms with van der Waals surface area (Å²) in [6.07, 6.45) is 4.24. The van der Waals surface area contributed by atoms with Gasteiger partial charge in [-0.2, -0.15) is 5.10 Å². The molecule has 0 atom stereocenters. The van der Waals surface area contributed by atoms with Crippen LogP contribution in [0, 0.1) is 11.7 Å². The molecule has 6 nitrogen and oxygen atoms in total. The highest BCUT2D eigenvalue weighted by Crippen LogP contribution is 2.39. The number of aromatic amines is 1. The first-order valence-corrected chi connectivity index (χ1v) is 13.0. The fourth-order valence-electron chi connectivity index (χ4n) is 4.14. The van der Waals surface area contributed by atoms with E-state index in [0.717, 1.165) is 63.4 Å². The number of H-pyrrole nitrogens is 1. The van der Waals surface area contributed by atoms with Crippen LogP contribution in [0.4, 0.5) is 0 Å². The van der Waals surface area contributed by atoms with Crippen LogP contribution in [0.2, 0.25) is 0 Å². The maximum Gasteiger partial charge on any atom is 0.253 e. The van der Waals surface area contributed by atoms with Crippen molar-refractivity contribution < 1.29 is 4.79 Å². The van der Waals surface area contributed by atoms with Crippen LogP contribution in [0.1, 0.15) is 64.5 Å². The van der Waals surface area contributed by atoms with Gasteiger partial charge in [0.25, 0.3) is 5.91 Å². The van der Waals surface area contributed by atoms with Gasteiger partial charge in [0.2, 0.25) is 0 Å². The molecule has 1 aromatic carbocycles. The molecule has 0 unspecified atom stereocenters. The highest BCUT2D eigenvalue weighted by molar-refractivity contribution is 7.98. The van der Waals surface area contributed by atoms with Gasteiger partial charge >= 0.3 is 0 Å². The van der Waals surface area contributed by atoms with Gasteiger partial charge in [0.1, 0.15) is 5.82 Å². The molecule has 2 fully saturated rings. The Hall–Kier alpha value is -1.97. The summed E-state index contributed by atoms with van der Waals surface area (Å²) < 4.78 is 2.94. The third-order valence-corrected chi connectivity index (χ3v) is 8.10. The second-order valence-corrected chi connectivity index (χ2v) is 10.7. The molecule has 3 heterocycles. The van der Waals surface area contributed by atoms with Gasteiger partial charge in [-0.25, -0.2) is 4.98 Å². The van der Waals surface area contributed by atoms with Crippen LogP contribution in [0.15, 0.2) is 34.5 Å². The molecule has 1 aliphatic carbocycles. The number of likely N-dealkylation sites (tertiary alicyclic amines) is 1. The maximum atomic E-state index is 13.0. The van der Waals surface area contributed by atoms with Crippen molar-refractivity contribution in [3.63, 3.8) is 0 Å². The van der Waals surface area contributed by atoms with Crippen molar-refractivity contribution in [3.8, 4) is 0 Å². The number of carbonyl (C=O) groups excluding carboxylic acids is 1. The Morgan fingerprint density at radius 1 is 1.23 bits per heavy atom. The molecule has 9 heteroatoms. The molecule has 2 aromatic heterocycles. The minimum atomic E-state index is 0.117. The molecule has 5 rings (SSSR count). The van der Waals surface area contributed by atoms with E-state index in [9.17, 15) is 4.79 Å². The van der Waals surface area contributed by atoms with Crippen LogP contribution < -0.4 is 0 Å². The van der Waals surface area contributed by atoms with Crippen LogP contribution in [0.25, 0.3) is 0 Å². The quantitative estimate of drug-likeness (QED) is 0.388. The van der Waals surface area contributed by atoms with Gasteiger partial charge in [-0.1, -0.05) is 0 Å². The summed E-state index contributed by atoms with van der Waals surface area (Å²) in [7, 11) is 0. The monoisotopic (exact) mass is 471 g/mol. The summed E-state index contributed by atoms with van der Waals surface area (Å²) in [5.41, 5.74) is 1.87. The van der Waals surface area contributed by atoms with Crippen molar-refractivity contribution in [1.29, 1.82) is 0 Å². The average Bonchev–Trinajstić information content (AvgIpc) is 3.43. The minimum Gasteiger partial charge on any atom is -0.339 e. The largest absolute Gasteiger partial charge is 0.339 e. The number of thioether (sulfide) groups is 1. The third-order valence-electron chi connectivity index (χ3n) is 5.95. The van der Waals surface area contributed by atoms with E-state index < -0.39 is 0 Å². The number of benzene rings is 1. The normalized spacial score (nSPS) is 17.3. The first kappa shape index (κ1) is 20.9. The molecule has 0 radical (unpaired) electrons. The lowest BCUT2D eigenvalue weighted by molar-refractivity contribution is 0.0710. The lowest BCUT2D eigenvalue weighted by Crippen LogP contribution is -2.38. The lowest BCUT2D eigenvalue weighted by Gasteiger charge is -2.31. The zero-order valence-corrected chi connectivity index (χ0v) is 19.9. The van der Waals surface area contributed by atoms with E-state index in [1.165, 1.54) is 12.8 Å². The van der Waals surface area contributed by atoms with Crippen molar-refractivity contribution in [1.82, 2.24) is 24.6 Å². The fraction of sp³-hybridized carbons (Fsp3) is 0.455. The Morgan fingerprint density at radius 3 is 2.61 bits per heavy atom. The topological polar surface area (TPSA) is 66.8 Å². The zero-order chi connectivity index (χ0) is 21.4. The van der Waals surface area contributed by atoms with E-state index in [2.05, 4.69) is 25.1 Å². The van der Waals surface area contributed by atoms with Gasteiger partial charge in [0.15, 0.2) is 4.77 Å². The SMILES string of the molecule is Cc1nc(CSc2ccc(C(=O)N3CCC(c4n[nH]c(=S)n4C4CC4)CC3)cc2)cs1. The molecular formula is C22H25N5OS3. The number of hydrogen-bond acceptors (Lipinski definition) is 6. The molecule has 1 aliphatic heterocycles. The summed E-state index contributed by atoms with van der Waals surface area (Å²) in [6, 6.07) is 8.49. The second-order valence-electron chi connectivity index (χ2n) is 8.23. The Morgan fingerprint density at radius 2 is 1.97 bits per heavy atom.